The van der Waals surface area contributed by atoms with Gasteiger partial charge in [-0.1, -0.05) is 24.3 Å². The number of methoxy groups -OCH3 is 1. The molecule has 0 aliphatic heterocycles. The summed E-state index contributed by atoms with van der Waals surface area (Å²) in [5, 5.41) is 4.25. The van der Waals surface area contributed by atoms with E-state index in [-0.39, 0.29) is 0 Å². The van der Waals surface area contributed by atoms with E-state index in [1.165, 1.54) is 35.5 Å². The van der Waals surface area contributed by atoms with Crippen LogP contribution in [0.3, 0.4) is 0 Å². The smallest absolute Gasteiger partial charge is 0.202 e. The summed E-state index contributed by atoms with van der Waals surface area (Å²) in [6, 6.07) is 8.39. The van der Waals surface area contributed by atoms with E-state index in [0.717, 1.165) is 17.5 Å². The molecule has 0 saturated heterocycles. The zero-order valence-electron chi connectivity index (χ0n) is 10.9. The highest BCUT2D eigenvalue weighted by Crippen LogP contribution is 2.39. The lowest BCUT2D eigenvalue weighted by molar-refractivity contribution is 0.185. The summed E-state index contributed by atoms with van der Waals surface area (Å²) in [6.45, 7) is 1.43. The maximum atomic E-state index is 5.14. The van der Waals surface area contributed by atoms with Crippen LogP contribution >= 0.6 is 11.5 Å². The van der Waals surface area contributed by atoms with Crippen LogP contribution in [0.15, 0.2) is 24.3 Å². The number of hydrogen-bond acceptors (Lipinski definition) is 5. The van der Waals surface area contributed by atoms with Gasteiger partial charge in [0.15, 0.2) is 0 Å². The van der Waals surface area contributed by atoms with Gasteiger partial charge in [-0.3, -0.25) is 0 Å². The molecule has 0 radical (unpaired) electrons. The van der Waals surface area contributed by atoms with Crippen molar-refractivity contribution in [1.82, 2.24) is 9.36 Å². The summed E-state index contributed by atoms with van der Waals surface area (Å²) < 4.78 is 9.53. The lowest BCUT2D eigenvalue weighted by Gasteiger charge is -2.05. The van der Waals surface area contributed by atoms with Crippen LogP contribution in [-0.4, -0.2) is 16.5 Å². The van der Waals surface area contributed by atoms with Crippen molar-refractivity contribution in [3.8, 4) is 0 Å². The Morgan fingerprint density at radius 2 is 2.21 bits per heavy atom. The van der Waals surface area contributed by atoms with Gasteiger partial charge in [0, 0.05) is 31.1 Å². The van der Waals surface area contributed by atoms with Gasteiger partial charge in [-0.25, -0.2) is 4.98 Å². The van der Waals surface area contributed by atoms with E-state index in [2.05, 4.69) is 38.9 Å². The monoisotopic (exact) mass is 275 g/mol. The van der Waals surface area contributed by atoms with Crippen LogP contribution in [0.4, 0.5) is 5.13 Å². The van der Waals surface area contributed by atoms with Crippen LogP contribution in [0.2, 0.25) is 0 Å². The molecule has 1 heterocycles. The minimum absolute atomic E-state index is 0.622. The molecule has 0 unspecified atom stereocenters. The lowest BCUT2D eigenvalue weighted by Crippen LogP contribution is -2.00. The molecule has 1 aliphatic rings. The Hall–Kier alpha value is -1.46. The Bertz CT molecular complexity index is 551. The second-order valence-electron chi connectivity index (χ2n) is 4.84. The maximum absolute atomic E-state index is 5.14. The highest BCUT2D eigenvalue weighted by atomic mass is 32.1. The summed E-state index contributed by atoms with van der Waals surface area (Å²) in [4.78, 5) is 4.52. The average molecular weight is 275 g/mol. The predicted molar refractivity (Wildman–Crippen MR) is 76.4 cm³/mol. The standard InChI is InChI=1S/C14H17N3OS/c1-18-9-11-4-2-3-10(7-11)8-15-14-16-13(17-19-14)12-5-6-12/h2-4,7,12H,5-6,8-9H2,1H3,(H,15,16,17). The van der Waals surface area contributed by atoms with Crippen molar-refractivity contribution in [3.63, 3.8) is 0 Å². The predicted octanol–water partition coefficient (Wildman–Crippen LogP) is 3.17. The van der Waals surface area contributed by atoms with E-state index in [0.29, 0.717) is 12.5 Å². The van der Waals surface area contributed by atoms with Crippen molar-refractivity contribution >= 4 is 16.7 Å². The van der Waals surface area contributed by atoms with Crippen molar-refractivity contribution in [2.75, 3.05) is 12.4 Å². The molecule has 1 aliphatic carbocycles. The third-order valence-corrected chi connectivity index (χ3v) is 3.82. The number of benzene rings is 1. The summed E-state index contributed by atoms with van der Waals surface area (Å²) in [5.74, 6) is 1.64. The van der Waals surface area contributed by atoms with Gasteiger partial charge in [0.1, 0.15) is 5.82 Å². The first-order valence-electron chi connectivity index (χ1n) is 6.49. The number of anilines is 1. The SMILES string of the molecule is COCc1cccc(CNc2nc(C3CC3)ns2)c1. The zero-order chi connectivity index (χ0) is 13.1. The number of ether oxygens (including phenoxy) is 1. The first-order chi connectivity index (χ1) is 9.35. The minimum Gasteiger partial charge on any atom is -0.380 e. The minimum atomic E-state index is 0.622. The van der Waals surface area contributed by atoms with Crippen LogP contribution in [0.1, 0.15) is 35.7 Å². The molecule has 2 aromatic rings. The van der Waals surface area contributed by atoms with Crippen LogP contribution in [0, 0.1) is 0 Å². The summed E-state index contributed by atoms with van der Waals surface area (Å²) in [6.07, 6.45) is 2.49. The molecule has 3 rings (SSSR count). The second-order valence-corrected chi connectivity index (χ2v) is 5.59. The molecule has 0 amide bonds. The van der Waals surface area contributed by atoms with E-state index in [9.17, 15) is 0 Å². The van der Waals surface area contributed by atoms with E-state index in [1.807, 2.05) is 0 Å². The number of nitrogens with one attached hydrogen (secondary N) is 1. The van der Waals surface area contributed by atoms with Gasteiger partial charge in [-0.05, 0) is 24.0 Å². The molecule has 1 fully saturated rings. The molecular weight excluding hydrogens is 258 g/mol. The van der Waals surface area contributed by atoms with Crippen LogP contribution in [0.25, 0.3) is 0 Å². The van der Waals surface area contributed by atoms with Gasteiger partial charge in [0.2, 0.25) is 5.13 Å². The van der Waals surface area contributed by atoms with Crippen LogP contribution in [-0.2, 0) is 17.9 Å². The fourth-order valence-corrected chi connectivity index (χ4v) is 2.63. The fourth-order valence-electron chi connectivity index (χ4n) is 1.99. The lowest BCUT2D eigenvalue weighted by atomic mass is 10.1. The average Bonchev–Trinajstić information content (AvgIpc) is 3.17. The van der Waals surface area contributed by atoms with Crippen molar-refractivity contribution in [2.24, 2.45) is 0 Å². The molecule has 100 valence electrons. The molecule has 0 bridgehead atoms. The number of aromatic nitrogens is 2. The third-order valence-electron chi connectivity index (χ3n) is 3.13. The topological polar surface area (TPSA) is 47.0 Å². The van der Waals surface area contributed by atoms with Crippen molar-refractivity contribution < 1.29 is 4.74 Å². The fraction of sp³-hybridized carbons (Fsp3) is 0.429. The first kappa shape index (κ1) is 12.6. The summed E-state index contributed by atoms with van der Waals surface area (Å²) >= 11 is 1.45. The normalized spacial score (nSPS) is 14.6. The van der Waals surface area contributed by atoms with Gasteiger partial charge in [-0.15, -0.1) is 0 Å². The Morgan fingerprint density at radius 3 is 3.00 bits per heavy atom. The van der Waals surface area contributed by atoms with Gasteiger partial charge in [-0.2, -0.15) is 4.37 Å². The largest absolute Gasteiger partial charge is 0.380 e. The molecule has 19 heavy (non-hydrogen) atoms. The van der Waals surface area contributed by atoms with Crippen molar-refractivity contribution in [3.05, 3.63) is 41.2 Å². The molecule has 5 heteroatoms. The molecule has 0 spiro atoms. The van der Waals surface area contributed by atoms with E-state index in [4.69, 9.17) is 4.74 Å². The molecular formula is C14H17N3OS. The molecule has 1 aromatic carbocycles. The van der Waals surface area contributed by atoms with E-state index >= 15 is 0 Å². The van der Waals surface area contributed by atoms with Crippen LogP contribution < -0.4 is 5.32 Å². The van der Waals surface area contributed by atoms with Crippen molar-refractivity contribution in [1.29, 1.82) is 0 Å². The molecule has 0 atom stereocenters. The first-order valence-corrected chi connectivity index (χ1v) is 7.27. The zero-order valence-corrected chi connectivity index (χ0v) is 11.7. The Morgan fingerprint density at radius 1 is 1.37 bits per heavy atom. The van der Waals surface area contributed by atoms with Gasteiger partial charge in [0.25, 0.3) is 0 Å². The molecule has 1 saturated carbocycles. The quantitative estimate of drug-likeness (QED) is 0.879. The summed E-state index contributed by atoms with van der Waals surface area (Å²) in [7, 11) is 1.71. The Balaban J connectivity index is 1.59. The number of nitrogens with zero attached hydrogens (tertiary/aromatic N) is 2. The van der Waals surface area contributed by atoms with Gasteiger partial charge >= 0.3 is 0 Å². The third kappa shape index (κ3) is 3.30. The Labute approximate surface area is 117 Å². The number of rotatable bonds is 6. The molecule has 1 aromatic heterocycles. The highest BCUT2D eigenvalue weighted by Gasteiger charge is 2.27. The Kier molecular flexibility index (Phi) is 3.75. The molecule has 1 N–H and O–H groups in total. The summed E-state index contributed by atoms with van der Waals surface area (Å²) in [5.41, 5.74) is 2.43. The molecule has 4 nitrogen and oxygen atoms in total. The van der Waals surface area contributed by atoms with Gasteiger partial charge in [0.05, 0.1) is 6.61 Å². The maximum Gasteiger partial charge on any atom is 0.202 e. The van der Waals surface area contributed by atoms with E-state index < -0.39 is 0 Å². The van der Waals surface area contributed by atoms with E-state index in [1.54, 1.807) is 7.11 Å². The van der Waals surface area contributed by atoms with Gasteiger partial charge < -0.3 is 10.1 Å². The second kappa shape index (κ2) is 5.67. The number of hydrogen-bond donors (Lipinski definition) is 1. The highest BCUT2D eigenvalue weighted by molar-refractivity contribution is 7.09. The van der Waals surface area contributed by atoms with Crippen molar-refractivity contribution in [2.45, 2.75) is 31.9 Å². The van der Waals surface area contributed by atoms with Crippen LogP contribution in [0.5, 0.6) is 0 Å².